The van der Waals surface area contributed by atoms with E-state index in [1.165, 1.54) is 25.7 Å². The lowest BCUT2D eigenvalue weighted by molar-refractivity contribution is -0.118. The Morgan fingerprint density at radius 2 is 2.22 bits per heavy atom. The highest BCUT2D eigenvalue weighted by molar-refractivity contribution is 5.99. The fraction of sp³-hybridized carbons (Fsp3) is 0.556. The summed E-state index contributed by atoms with van der Waals surface area (Å²) in [7, 11) is 0. The molecule has 2 N–H and O–H groups in total. The maximum absolute atomic E-state index is 12.5. The topological polar surface area (TPSA) is 67.4 Å². The highest BCUT2D eigenvalue weighted by Gasteiger charge is 2.42. The van der Waals surface area contributed by atoms with Crippen LogP contribution in [0.2, 0.25) is 0 Å². The number of carbonyl (C=O) groups excluding carboxylic acids is 2. The van der Waals surface area contributed by atoms with Gasteiger partial charge in [-0.2, -0.15) is 0 Å². The Kier molecular flexibility index (Phi) is 3.51. The van der Waals surface area contributed by atoms with E-state index in [0.29, 0.717) is 22.9 Å². The molecule has 1 aromatic carbocycles. The van der Waals surface area contributed by atoms with Crippen molar-refractivity contribution in [2.24, 2.45) is 17.8 Å². The lowest BCUT2D eigenvalue weighted by atomic mass is 9.84. The third kappa shape index (κ3) is 2.69. The minimum Gasteiger partial charge on any atom is -0.482 e. The van der Waals surface area contributed by atoms with Crippen LogP contribution in [0.5, 0.6) is 5.75 Å². The first-order chi connectivity index (χ1) is 11.1. The predicted molar refractivity (Wildman–Crippen MR) is 86.4 cm³/mol. The molecule has 1 aromatic rings. The van der Waals surface area contributed by atoms with E-state index < -0.39 is 0 Å². The summed E-state index contributed by atoms with van der Waals surface area (Å²) in [6.07, 6.45) is 5.29. The van der Waals surface area contributed by atoms with Crippen LogP contribution in [0.4, 0.5) is 5.69 Å². The zero-order valence-electron chi connectivity index (χ0n) is 13.3. The maximum Gasteiger partial charge on any atom is 0.262 e. The number of nitrogens with one attached hydrogen (secondary N) is 2. The number of ether oxygens (including phenoxy) is 1. The van der Waals surface area contributed by atoms with Gasteiger partial charge in [-0.1, -0.05) is 6.42 Å². The van der Waals surface area contributed by atoms with Crippen LogP contribution in [0.1, 0.15) is 43.0 Å². The fourth-order valence-electron chi connectivity index (χ4n) is 4.52. The second-order valence-corrected chi connectivity index (χ2v) is 7.15. The van der Waals surface area contributed by atoms with Gasteiger partial charge in [0.05, 0.1) is 5.69 Å². The van der Waals surface area contributed by atoms with E-state index in [0.717, 1.165) is 11.8 Å². The van der Waals surface area contributed by atoms with E-state index in [2.05, 4.69) is 17.6 Å². The molecule has 2 aliphatic carbocycles. The first-order valence-corrected chi connectivity index (χ1v) is 8.47. The van der Waals surface area contributed by atoms with Crippen LogP contribution in [0, 0.1) is 17.8 Å². The normalized spacial score (nSPS) is 29.4. The Hall–Kier alpha value is -2.04. The molecule has 5 nitrogen and oxygen atoms in total. The first-order valence-electron chi connectivity index (χ1n) is 8.47. The number of hydrogen-bond acceptors (Lipinski definition) is 3. The second-order valence-electron chi connectivity index (χ2n) is 7.15. The summed E-state index contributed by atoms with van der Waals surface area (Å²) in [6, 6.07) is 5.37. The molecule has 3 aliphatic rings. The van der Waals surface area contributed by atoms with E-state index in [1.807, 2.05) is 0 Å². The Morgan fingerprint density at radius 1 is 1.35 bits per heavy atom. The van der Waals surface area contributed by atoms with Crippen LogP contribution in [0.15, 0.2) is 18.2 Å². The Balaban J connectivity index is 1.44. The van der Waals surface area contributed by atoms with Crippen molar-refractivity contribution in [2.45, 2.75) is 38.6 Å². The van der Waals surface area contributed by atoms with Crippen LogP contribution in [0.3, 0.4) is 0 Å². The zero-order chi connectivity index (χ0) is 16.0. The van der Waals surface area contributed by atoms with E-state index in [-0.39, 0.29) is 24.5 Å². The summed E-state index contributed by atoms with van der Waals surface area (Å²) < 4.78 is 5.38. The van der Waals surface area contributed by atoms with E-state index in [4.69, 9.17) is 4.74 Å². The SMILES string of the molecule is C[C@H](NC(=O)c1ccc2c(c1)OCC(=O)N2)[C@@H]1C[C@H]2CC[C@H]1C2. The Bertz CT molecular complexity index is 658. The van der Waals surface area contributed by atoms with Crippen LogP contribution < -0.4 is 15.4 Å². The van der Waals surface area contributed by atoms with Gasteiger partial charge in [-0.25, -0.2) is 0 Å². The summed E-state index contributed by atoms with van der Waals surface area (Å²) in [5, 5.41) is 5.89. The molecule has 4 atom stereocenters. The van der Waals surface area contributed by atoms with Gasteiger partial charge in [0.15, 0.2) is 6.61 Å². The van der Waals surface area contributed by atoms with Crippen molar-refractivity contribution in [3.8, 4) is 5.75 Å². The van der Waals surface area contributed by atoms with Crippen molar-refractivity contribution in [3.05, 3.63) is 23.8 Å². The van der Waals surface area contributed by atoms with Crippen LogP contribution >= 0.6 is 0 Å². The van der Waals surface area contributed by atoms with Crippen LogP contribution in [0.25, 0.3) is 0 Å². The predicted octanol–water partition coefficient (Wildman–Crippen LogP) is 2.57. The average molecular weight is 314 g/mol. The van der Waals surface area contributed by atoms with E-state index in [9.17, 15) is 9.59 Å². The third-order valence-corrected chi connectivity index (χ3v) is 5.67. The molecular formula is C18H22N2O3. The summed E-state index contributed by atoms with van der Waals surface area (Å²) in [4.78, 5) is 23.8. The molecule has 5 heteroatoms. The summed E-state index contributed by atoms with van der Waals surface area (Å²) >= 11 is 0. The average Bonchev–Trinajstić information content (AvgIpc) is 3.17. The first kappa shape index (κ1) is 14.5. The molecule has 23 heavy (non-hydrogen) atoms. The number of rotatable bonds is 3. The number of amides is 2. The number of benzene rings is 1. The minimum absolute atomic E-state index is 0.000379. The molecule has 1 heterocycles. The molecule has 0 radical (unpaired) electrons. The van der Waals surface area contributed by atoms with Crippen molar-refractivity contribution < 1.29 is 14.3 Å². The number of carbonyl (C=O) groups is 2. The Morgan fingerprint density at radius 3 is 2.96 bits per heavy atom. The Labute approximate surface area is 135 Å². The minimum atomic E-state index is -0.167. The van der Waals surface area contributed by atoms with E-state index >= 15 is 0 Å². The molecule has 122 valence electrons. The number of hydrogen-bond donors (Lipinski definition) is 2. The summed E-state index contributed by atoms with van der Waals surface area (Å²) in [5.41, 5.74) is 1.20. The van der Waals surface area contributed by atoms with Crippen LogP contribution in [-0.2, 0) is 4.79 Å². The van der Waals surface area contributed by atoms with E-state index in [1.54, 1.807) is 18.2 Å². The molecule has 2 amide bonds. The number of fused-ring (bicyclic) bond motifs is 3. The van der Waals surface area contributed by atoms with Gasteiger partial charge < -0.3 is 15.4 Å². The molecule has 0 aromatic heterocycles. The van der Waals surface area contributed by atoms with Gasteiger partial charge >= 0.3 is 0 Å². The second kappa shape index (κ2) is 5.55. The zero-order valence-corrected chi connectivity index (χ0v) is 13.3. The highest BCUT2D eigenvalue weighted by Crippen LogP contribution is 2.49. The lowest BCUT2D eigenvalue weighted by Crippen LogP contribution is -2.40. The lowest BCUT2D eigenvalue weighted by Gasteiger charge is -2.28. The quantitative estimate of drug-likeness (QED) is 0.901. The molecule has 2 fully saturated rings. The van der Waals surface area contributed by atoms with Crippen molar-refractivity contribution in [1.82, 2.24) is 5.32 Å². The largest absolute Gasteiger partial charge is 0.482 e. The molecule has 0 saturated heterocycles. The van der Waals surface area contributed by atoms with Crippen LogP contribution in [-0.4, -0.2) is 24.5 Å². The molecule has 1 aliphatic heterocycles. The van der Waals surface area contributed by atoms with Crippen molar-refractivity contribution in [3.63, 3.8) is 0 Å². The molecule has 0 unspecified atom stereocenters. The standard InChI is InChI=1S/C18H22N2O3/c1-10(14-7-11-2-3-12(14)6-11)19-18(22)13-4-5-15-16(8-13)23-9-17(21)20-15/h4-5,8,10-12,14H,2-3,6-7,9H2,1H3,(H,19,22)(H,20,21)/t10-,11-,12-,14-/m0/s1. The monoisotopic (exact) mass is 314 g/mol. The van der Waals surface area contributed by atoms with Gasteiger partial charge in [-0.3, -0.25) is 9.59 Å². The molecule has 2 saturated carbocycles. The summed E-state index contributed by atoms with van der Waals surface area (Å²) in [5.74, 6) is 2.61. The summed E-state index contributed by atoms with van der Waals surface area (Å²) in [6.45, 7) is 2.12. The molecular weight excluding hydrogens is 292 g/mol. The number of anilines is 1. The van der Waals surface area contributed by atoms with Gasteiger partial charge in [0.1, 0.15) is 5.75 Å². The maximum atomic E-state index is 12.5. The van der Waals surface area contributed by atoms with Crippen molar-refractivity contribution in [1.29, 1.82) is 0 Å². The fourth-order valence-corrected chi connectivity index (χ4v) is 4.52. The van der Waals surface area contributed by atoms with Crippen molar-refractivity contribution >= 4 is 17.5 Å². The van der Waals surface area contributed by atoms with Gasteiger partial charge in [0, 0.05) is 11.6 Å². The van der Waals surface area contributed by atoms with Gasteiger partial charge in [-0.05, 0) is 62.1 Å². The third-order valence-electron chi connectivity index (χ3n) is 5.67. The van der Waals surface area contributed by atoms with Gasteiger partial charge in [0.2, 0.25) is 0 Å². The molecule has 4 rings (SSSR count). The van der Waals surface area contributed by atoms with Crippen molar-refractivity contribution in [2.75, 3.05) is 11.9 Å². The smallest absolute Gasteiger partial charge is 0.262 e. The highest BCUT2D eigenvalue weighted by atomic mass is 16.5. The van der Waals surface area contributed by atoms with Gasteiger partial charge in [0.25, 0.3) is 11.8 Å². The molecule has 2 bridgehead atoms. The molecule has 0 spiro atoms. The van der Waals surface area contributed by atoms with Gasteiger partial charge in [-0.15, -0.1) is 0 Å².